The van der Waals surface area contributed by atoms with Gasteiger partial charge in [0.05, 0.1) is 17.7 Å². The summed E-state index contributed by atoms with van der Waals surface area (Å²) in [7, 11) is 0. The number of carbonyl (C=O) groups is 4. The molecule has 1 aromatic rings. The van der Waals surface area contributed by atoms with Crippen molar-refractivity contribution in [2.75, 3.05) is 6.54 Å². The van der Waals surface area contributed by atoms with E-state index < -0.39 is 29.3 Å². The van der Waals surface area contributed by atoms with Crippen molar-refractivity contribution in [3.8, 4) is 0 Å². The van der Waals surface area contributed by atoms with Gasteiger partial charge in [0.25, 0.3) is 17.7 Å². The summed E-state index contributed by atoms with van der Waals surface area (Å²) in [6, 6.07) is 5.82. The van der Waals surface area contributed by atoms with E-state index >= 15 is 0 Å². The van der Waals surface area contributed by atoms with Crippen LogP contribution in [0.4, 0.5) is 4.79 Å². The molecule has 2 aliphatic rings. The molecule has 1 fully saturated rings. The molecule has 1 aromatic carbocycles. The van der Waals surface area contributed by atoms with Gasteiger partial charge in [0.1, 0.15) is 5.54 Å². The first-order valence-electron chi connectivity index (χ1n) is 6.01. The number of hydrogen-bond donors (Lipinski definition) is 2. The zero-order valence-electron chi connectivity index (χ0n) is 10.6. The number of fused-ring (bicyclic) bond motifs is 1. The summed E-state index contributed by atoms with van der Waals surface area (Å²) in [6.07, 6.45) is 0. The van der Waals surface area contributed by atoms with Crippen LogP contribution in [0.1, 0.15) is 27.6 Å². The highest BCUT2D eigenvalue weighted by Gasteiger charge is 2.47. The van der Waals surface area contributed by atoms with Crippen LogP contribution in [0.25, 0.3) is 0 Å². The SMILES string of the molecule is CC1(CN2C(=O)c3ccccc3C2=O)NC(=O)NC1=O. The predicted molar refractivity (Wildman–Crippen MR) is 66.9 cm³/mol. The van der Waals surface area contributed by atoms with E-state index in [4.69, 9.17) is 0 Å². The number of benzene rings is 1. The van der Waals surface area contributed by atoms with Crippen molar-refractivity contribution in [1.29, 1.82) is 0 Å². The molecule has 3 rings (SSSR count). The van der Waals surface area contributed by atoms with E-state index in [1.54, 1.807) is 24.3 Å². The van der Waals surface area contributed by atoms with Crippen LogP contribution in [0.3, 0.4) is 0 Å². The van der Waals surface area contributed by atoms with Crippen LogP contribution in [0.2, 0.25) is 0 Å². The number of amides is 5. The predicted octanol–water partition coefficient (Wildman–Crippen LogP) is -0.119. The molecular weight excluding hydrogens is 262 g/mol. The molecule has 0 bridgehead atoms. The second-order valence-corrected chi connectivity index (χ2v) is 4.98. The maximum absolute atomic E-state index is 12.2. The Morgan fingerprint density at radius 2 is 1.60 bits per heavy atom. The molecule has 5 amide bonds. The molecule has 2 aliphatic heterocycles. The summed E-state index contributed by atoms with van der Waals surface area (Å²) < 4.78 is 0. The van der Waals surface area contributed by atoms with Crippen LogP contribution in [-0.4, -0.2) is 40.7 Å². The zero-order chi connectivity index (χ0) is 14.5. The van der Waals surface area contributed by atoms with Crippen molar-refractivity contribution in [3.63, 3.8) is 0 Å². The fourth-order valence-corrected chi connectivity index (χ4v) is 2.39. The van der Waals surface area contributed by atoms with Crippen molar-refractivity contribution in [3.05, 3.63) is 35.4 Å². The standard InChI is InChI=1S/C13H11N3O4/c1-13(11(19)14-12(20)15-13)6-16-9(17)7-4-2-3-5-8(7)10(16)18/h2-5H,6H2,1H3,(H2,14,15,19,20). The van der Waals surface area contributed by atoms with Gasteiger partial charge in [-0.25, -0.2) is 4.79 Å². The van der Waals surface area contributed by atoms with E-state index in [-0.39, 0.29) is 6.54 Å². The van der Waals surface area contributed by atoms with Gasteiger partial charge in [-0.1, -0.05) is 12.1 Å². The smallest absolute Gasteiger partial charge is 0.322 e. The molecular formula is C13H11N3O4. The van der Waals surface area contributed by atoms with Gasteiger partial charge in [0.2, 0.25) is 0 Å². The van der Waals surface area contributed by atoms with E-state index in [2.05, 4.69) is 10.6 Å². The van der Waals surface area contributed by atoms with Crippen molar-refractivity contribution < 1.29 is 19.2 Å². The Balaban J connectivity index is 1.91. The van der Waals surface area contributed by atoms with Crippen LogP contribution in [0.5, 0.6) is 0 Å². The Morgan fingerprint density at radius 3 is 2.05 bits per heavy atom. The summed E-state index contributed by atoms with van der Waals surface area (Å²) in [5, 5.41) is 4.52. The van der Waals surface area contributed by atoms with E-state index in [1.807, 2.05) is 0 Å². The average molecular weight is 273 g/mol. The molecule has 2 heterocycles. The largest absolute Gasteiger partial charge is 0.322 e. The maximum Gasteiger partial charge on any atom is 0.322 e. The normalized spacial score (nSPS) is 24.8. The lowest BCUT2D eigenvalue weighted by molar-refractivity contribution is -0.123. The van der Waals surface area contributed by atoms with Crippen LogP contribution in [0, 0.1) is 0 Å². The number of rotatable bonds is 2. The van der Waals surface area contributed by atoms with Gasteiger partial charge in [0, 0.05) is 0 Å². The summed E-state index contributed by atoms with van der Waals surface area (Å²) >= 11 is 0. The molecule has 0 aliphatic carbocycles. The van der Waals surface area contributed by atoms with Crippen LogP contribution >= 0.6 is 0 Å². The number of carbonyl (C=O) groups excluding carboxylic acids is 4. The molecule has 7 heteroatoms. The third-order valence-corrected chi connectivity index (χ3v) is 3.47. The lowest BCUT2D eigenvalue weighted by atomic mass is 10.0. The van der Waals surface area contributed by atoms with Crippen LogP contribution in [0.15, 0.2) is 24.3 Å². The van der Waals surface area contributed by atoms with Gasteiger partial charge in [0.15, 0.2) is 0 Å². The highest BCUT2D eigenvalue weighted by Crippen LogP contribution is 2.25. The van der Waals surface area contributed by atoms with E-state index in [0.29, 0.717) is 11.1 Å². The van der Waals surface area contributed by atoms with Crippen LogP contribution in [-0.2, 0) is 4.79 Å². The third-order valence-electron chi connectivity index (χ3n) is 3.47. The van der Waals surface area contributed by atoms with Gasteiger partial charge >= 0.3 is 6.03 Å². The van der Waals surface area contributed by atoms with Crippen molar-refractivity contribution in [2.45, 2.75) is 12.5 Å². The number of urea groups is 1. The highest BCUT2D eigenvalue weighted by molar-refractivity contribution is 6.21. The maximum atomic E-state index is 12.2. The average Bonchev–Trinajstić information content (AvgIpc) is 2.79. The molecule has 0 saturated carbocycles. The summed E-state index contributed by atoms with van der Waals surface area (Å²) in [5.41, 5.74) is -0.679. The van der Waals surface area contributed by atoms with Crippen molar-refractivity contribution in [1.82, 2.24) is 15.5 Å². The number of hydrogen-bond acceptors (Lipinski definition) is 4. The van der Waals surface area contributed by atoms with E-state index in [0.717, 1.165) is 4.90 Å². The molecule has 7 nitrogen and oxygen atoms in total. The minimum absolute atomic E-state index is 0.198. The first kappa shape index (κ1) is 12.3. The molecule has 1 saturated heterocycles. The van der Waals surface area contributed by atoms with Gasteiger partial charge in [-0.05, 0) is 19.1 Å². The molecule has 0 spiro atoms. The second kappa shape index (κ2) is 3.89. The van der Waals surface area contributed by atoms with Crippen LogP contribution < -0.4 is 10.6 Å². The lowest BCUT2D eigenvalue weighted by Gasteiger charge is -2.25. The molecule has 102 valence electrons. The Labute approximate surface area is 113 Å². The Bertz CT molecular complexity index is 634. The Hall–Kier alpha value is -2.70. The van der Waals surface area contributed by atoms with Gasteiger partial charge < -0.3 is 5.32 Å². The zero-order valence-corrected chi connectivity index (χ0v) is 10.6. The van der Waals surface area contributed by atoms with Gasteiger partial charge in [-0.3, -0.25) is 24.6 Å². The van der Waals surface area contributed by atoms with Gasteiger partial charge in [-0.15, -0.1) is 0 Å². The summed E-state index contributed by atoms with van der Waals surface area (Å²) in [4.78, 5) is 48.3. The Morgan fingerprint density at radius 1 is 1.05 bits per heavy atom. The van der Waals surface area contributed by atoms with Crippen molar-refractivity contribution >= 4 is 23.8 Å². The monoisotopic (exact) mass is 273 g/mol. The molecule has 2 N–H and O–H groups in total. The van der Waals surface area contributed by atoms with E-state index in [1.165, 1.54) is 6.92 Å². The molecule has 0 aromatic heterocycles. The lowest BCUT2D eigenvalue weighted by Crippen LogP contribution is -2.54. The van der Waals surface area contributed by atoms with E-state index in [9.17, 15) is 19.2 Å². The van der Waals surface area contributed by atoms with Crippen molar-refractivity contribution in [2.24, 2.45) is 0 Å². The summed E-state index contributed by atoms with van der Waals surface area (Å²) in [6.45, 7) is 1.27. The number of nitrogens with one attached hydrogen (secondary N) is 2. The minimum Gasteiger partial charge on any atom is -0.322 e. The molecule has 20 heavy (non-hydrogen) atoms. The third kappa shape index (κ3) is 1.59. The molecule has 1 atom stereocenters. The Kier molecular flexibility index (Phi) is 2.40. The first-order valence-corrected chi connectivity index (χ1v) is 6.01. The quantitative estimate of drug-likeness (QED) is 0.580. The van der Waals surface area contributed by atoms with Gasteiger partial charge in [-0.2, -0.15) is 0 Å². The highest BCUT2D eigenvalue weighted by atomic mass is 16.2. The molecule has 1 unspecified atom stereocenters. The minimum atomic E-state index is -1.30. The topological polar surface area (TPSA) is 95.6 Å². The number of nitrogens with zero attached hydrogens (tertiary/aromatic N) is 1. The fraction of sp³-hybridized carbons (Fsp3) is 0.231. The molecule has 0 radical (unpaired) electrons. The fourth-order valence-electron chi connectivity index (χ4n) is 2.39. The number of imide groups is 2. The summed E-state index contributed by atoms with van der Waals surface area (Å²) in [5.74, 6) is -1.47. The second-order valence-electron chi connectivity index (χ2n) is 4.98. The first-order chi connectivity index (χ1) is 9.42.